The molecule has 4 heteroatoms. The second-order valence-corrected chi connectivity index (χ2v) is 7.05. The van der Waals surface area contributed by atoms with Gasteiger partial charge in [0.1, 0.15) is 0 Å². The number of nitrogens with zero attached hydrogens (tertiary/aromatic N) is 1. The summed E-state index contributed by atoms with van der Waals surface area (Å²) >= 11 is 0. The van der Waals surface area contributed by atoms with Gasteiger partial charge in [0, 0.05) is 23.3 Å². The first-order chi connectivity index (χ1) is 9.41. The zero-order valence-corrected chi connectivity index (χ0v) is 13.0. The molecule has 1 aliphatic carbocycles. The molecular weight excluding hydrogens is 249 g/mol. The van der Waals surface area contributed by atoms with Gasteiger partial charge >= 0.3 is 7.12 Å². The zero-order chi connectivity index (χ0) is 14.4. The zero-order valence-electron chi connectivity index (χ0n) is 13.0. The number of hydrogen-bond acceptors (Lipinski definition) is 3. The van der Waals surface area contributed by atoms with Crippen LogP contribution in [0.2, 0.25) is 0 Å². The van der Waals surface area contributed by atoms with Crippen LogP contribution in [0.25, 0.3) is 0 Å². The lowest BCUT2D eigenvalue weighted by Gasteiger charge is -2.32. The van der Waals surface area contributed by atoms with Crippen LogP contribution in [-0.2, 0) is 9.31 Å². The molecule has 0 unspecified atom stereocenters. The summed E-state index contributed by atoms with van der Waals surface area (Å²) in [5.41, 5.74) is 1.72. The number of aromatic nitrogens is 1. The fourth-order valence-electron chi connectivity index (χ4n) is 3.14. The van der Waals surface area contributed by atoms with Crippen molar-refractivity contribution < 1.29 is 9.31 Å². The Kier molecular flexibility index (Phi) is 3.42. The van der Waals surface area contributed by atoms with Crippen LogP contribution in [0.5, 0.6) is 0 Å². The molecule has 0 N–H and O–H groups in total. The summed E-state index contributed by atoms with van der Waals surface area (Å²) in [5, 5.41) is 0. The predicted octanol–water partition coefficient (Wildman–Crippen LogP) is 3.04. The summed E-state index contributed by atoms with van der Waals surface area (Å²) in [6.07, 6.45) is 6.99. The summed E-state index contributed by atoms with van der Waals surface area (Å²) in [7, 11) is -0.288. The molecular formula is C16H24BNO2. The van der Waals surface area contributed by atoms with E-state index in [-0.39, 0.29) is 18.3 Å². The number of rotatable bonds is 2. The molecule has 0 amide bonds. The third-order valence-electron chi connectivity index (χ3n) is 5.12. The molecule has 3 nitrogen and oxygen atoms in total. The van der Waals surface area contributed by atoms with Crippen molar-refractivity contribution in [2.24, 2.45) is 0 Å². The van der Waals surface area contributed by atoms with Crippen molar-refractivity contribution in [2.75, 3.05) is 0 Å². The van der Waals surface area contributed by atoms with Crippen LogP contribution >= 0.6 is 0 Å². The summed E-state index contributed by atoms with van der Waals surface area (Å²) in [5.74, 6) is 0.574. The van der Waals surface area contributed by atoms with Crippen LogP contribution in [0.1, 0.15) is 65.0 Å². The highest BCUT2D eigenvalue weighted by Crippen LogP contribution is 2.38. The minimum absolute atomic E-state index is 0.288. The Hall–Kier alpha value is -0.865. The SMILES string of the molecule is CC1(C)OB(c2cccnc2C2CCCC2)OC1(C)C. The monoisotopic (exact) mass is 273 g/mol. The van der Waals surface area contributed by atoms with Crippen LogP contribution in [0, 0.1) is 0 Å². The highest BCUT2D eigenvalue weighted by Gasteiger charge is 2.52. The third-order valence-corrected chi connectivity index (χ3v) is 5.12. The van der Waals surface area contributed by atoms with E-state index in [0.717, 1.165) is 5.46 Å². The maximum absolute atomic E-state index is 6.19. The molecule has 2 fully saturated rings. The van der Waals surface area contributed by atoms with Crippen molar-refractivity contribution >= 4 is 12.6 Å². The summed E-state index contributed by atoms with van der Waals surface area (Å²) in [4.78, 5) is 4.64. The number of hydrogen-bond donors (Lipinski definition) is 0. The molecule has 0 atom stereocenters. The van der Waals surface area contributed by atoms with Crippen molar-refractivity contribution in [3.05, 3.63) is 24.0 Å². The second kappa shape index (κ2) is 4.85. The smallest absolute Gasteiger partial charge is 0.399 e. The maximum Gasteiger partial charge on any atom is 0.496 e. The Labute approximate surface area is 122 Å². The summed E-state index contributed by atoms with van der Waals surface area (Å²) in [6.45, 7) is 8.38. The molecule has 3 rings (SSSR count). The van der Waals surface area contributed by atoms with Crippen LogP contribution in [-0.4, -0.2) is 23.3 Å². The van der Waals surface area contributed by atoms with Gasteiger partial charge < -0.3 is 9.31 Å². The van der Waals surface area contributed by atoms with E-state index in [9.17, 15) is 0 Å². The van der Waals surface area contributed by atoms with E-state index < -0.39 is 0 Å². The summed E-state index contributed by atoms with van der Waals surface area (Å²) in [6, 6.07) is 4.10. The van der Waals surface area contributed by atoms with Crippen LogP contribution in [0.4, 0.5) is 0 Å². The Morgan fingerprint density at radius 2 is 1.70 bits per heavy atom. The normalized spacial score (nSPS) is 25.3. The van der Waals surface area contributed by atoms with E-state index in [4.69, 9.17) is 9.31 Å². The van der Waals surface area contributed by atoms with Crippen molar-refractivity contribution in [2.45, 2.75) is 70.5 Å². The molecule has 2 aliphatic rings. The van der Waals surface area contributed by atoms with Gasteiger partial charge in [0.2, 0.25) is 0 Å². The molecule has 108 valence electrons. The van der Waals surface area contributed by atoms with Crippen LogP contribution < -0.4 is 5.46 Å². The van der Waals surface area contributed by atoms with Crippen LogP contribution in [0.3, 0.4) is 0 Å². The molecule has 1 aromatic rings. The molecule has 20 heavy (non-hydrogen) atoms. The van der Waals surface area contributed by atoms with Crippen LogP contribution in [0.15, 0.2) is 18.3 Å². The van der Waals surface area contributed by atoms with E-state index in [1.807, 2.05) is 12.3 Å². The van der Waals surface area contributed by atoms with Gasteiger partial charge in [-0.1, -0.05) is 18.9 Å². The fourth-order valence-corrected chi connectivity index (χ4v) is 3.14. The maximum atomic E-state index is 6.19. The first-order valence-electron chi connectivity index (χ1n) is 7.71. The molecule has 1 aromatic heterocycles. The van der Waals surface area contributed by atoms with Gasteiger partial charge in [-0.3, -0.25) is 4.98 Å². The van der Waals surface area contributed by atoms with E-state index >= 15 is 0 Å². The number of pyridine rings is 1. The third kappa shape index (κ3) is 2.29. The Morgan fingerprint density at radius 1 is 1.10 bits per heavy atom. The predicted molar refractivity (Wildman–Crippen MR) is 81.2 cm³/mol. The van der Waals surface area contributed by atoms with Gasteiger partial charge in [-0.15, -0.1) is 0 Å². The van der Waals surface area contributed by atoms with E-state index in [0.29, 0.717) is 5.92 Å². The molecule has 2 heterocycles. The van der Waals surface area contributed by atoms with Crippen molar-refractivity contribution in [3.8, 4) is 0 Å². The van der Waals surface area contributed by atoms with Gasteiger partial charge in [-0.2, -0.15) is 0 Å². The van der Waals surface area contributed by atoms with Gasteiger partial charge in [0.05, 0.1) is 11.2 Å². The fraction of sp³-hybridized carbons (Fsp3) is 0.688. The van der Waals surface area contributed by atoms with Crippen molar-refractivity contribution in [1.29, 1.82) is 0 Å². The minimum Gasteiger partial charge on any atom is -0.399 e. The molecule has 0 aromatic carbocycles. The largest absolute Gasteiger partial charge is 0.496 e. The highest BCUT2D eigenvalue weighted by atomic mass is 16.7. The lowest BCUT2D eigenvalue weighted by atomic mass is 9.75. The highest BCUT2D eigenvalue weighted by molar-refractivity contribution is 6.62. The van der Waals surface area contributed by atoms with Crippen molar-refractivity contribution in [1.82, 2.24) is 4.98 Å². The Balaban J connectivity index is 1.92. The Bertz CT molecular complexity index is 479. The minimum atomic E-state index is -0.291. The molecule has 0 radical (unpaired) electrons. The van der Waals surface area contributed by atoms with Crippen molar-refractivity contribution in [3.63, 3.8) is 0 Å². The van der Waals surface area contributed by atoms with Gasteiger partial charge in [0.15, 0.2) is 0 Å². The molecule has 1 saturated heterocycles. The average molecular weight is 273 g/mol. The van der Waals surface area contributed by atoms with E-state index in [2.05, 4.69) is 38.7 Å². The first kappa shape index (κ1) is 14.1. The second-order valence-electron chi connectivity index (χ2n) is 7.05. The topological polar surface area (TPSA) is 31.4 Å². The van der Waals surface area contributed by atoms with E-state index in [1.54, 1.807) is 0 Å². The van der Waals surface area contributed by atoms with E-state index in [1.165, 1.54) is 31.4 Å². The average Bonchev–Trinajstić information content (AvgIpc) is 2.97. The lowest BCUT2D eigenvalue weighted by molar-refractivity contribution is 0.00578. The van der Waals surface area contributed by atoms with Gasteiger partial charge in [-0.05, 0) is 46.6 Å². The van der Waals surface area contributed by atoms with Gasteiger partial charge in [-0.25, -0.2) is 0 Å². The molecule has 1 aliphatic heterocycles. The lowest BCUT2D eigenvalue weighted by Crippen LogP contribution is -2.41. The standard InChI is InChI=1S/C16H24BNO2/c1-15(2)16(3,4)20-17(19-15)13-10-7-11-18-14(13)12-8-5-6-9-12/h7,10-12H,5-6,8-9H2,1-4H3. The van der Waals surface area contributed by atoms with Gasteiger partial charge in [0.25, 0.3) is 0 Å². The first-order valence-corrected chi connectivity index (χ1v) is 7.71. The summed E-state index contributed by atoms with van der Waals surface area (Å²) < 4.78 is 12.4. The Morgan fingerprint density at radius 3 is 2.30 bits per heavy atom. The molecule has 0 spiro atoms. The quantitative estimate of drug-likeness (QED) is 0.776. The molecule has 1 saturated carbocycles. The molecule has 0 bridgehead atoms.